The van der Waals surface area contributed by atoms with Crippen LogP contribution in [0.3, 0.4) is 0 Å². The molecule has 1 fully saturated rings. The van der Waals surface area contributed by atoms with E-state index in [0.717, 1.165) is 37.5 Å². The van der Waals surface area contributed by atoms with E-state index in [4.69, 9.17) is 9.72 Å². The van der Waals surface area contributed by atoms with E-state index in [1.807, 2.05) is 19.2 Å². The third-order valence-corrected chi connectivity index (χ3v) is 6.85. The molecule has 0 spiro atoms. The lowest BCUT2D eigenvalue weighted by molar-refractivity contribution is -0.113. The first-order valence-corrected chi connectivity index (χ1v) is 13.5. The Bertz CT molecular complexity index is 1750. The van der Waals surface area contributed by atoms with Crippen LogP contribution in [0.5, 0.6) is 11.5 Å². The Morgan fingerprint density at radius 3 is 2.60 bits per heavy atom. The highest BCUT2D eigenvalue weighted by atomic mass is 19.1. The average Bonchev–Trinajstić information content (AvgIpc) is 3.18. The Hall–Kier alpha value is -5.20. The van der Waals surface area contributed by atoms with Crippen molar-refractivity contribution < 1.29 is 13.9 Å². The summed E-state index contributed by atoms with van der Waals surface area (Å²) >= 11 is 0. The van der Waals surface area contributed by atoms with Crippen molar-refractivity contribution in [3.63, 3.8) is 0 Å². The summed E-state index contributed by atoms with van der Waals surface area (Å²) in [4.78, 5) is 29.6. The molecular formula is C29H31FN10O2. The Kier molecular flexibility index (Phi) is 8.46. The van der Waals surface area contributed by atoms with Gasteiger partial charge in [-0.25, -0.2) is 29.0 Å². The zero-order valence-electron chi connectivity index (χ0n) is 23.4. The van der Waals surface area contributed by atoms with Crippen molar-refractivity contribution >= 4 is 45.4 Å². The quantitative estimate of drug-likeness (QED) is 0.274. The molecule has 3 aromatic heterocycles. The number of carbonyl (C=O) groups excluding carboxylic acids is 1. The van der Waals surface area contributed by atoms with Gasteiger partial charge < -0.3 is 20.7 Å². The number of hydrogen-bond donors (Lipinski definition) is 2. The van der Waals surface area contributed by atoms with Gasteiger partial charge in [-0.15, -0.1) is 5.10 Å². The van der Waals surface area contributed by atoms with Crippen LogP contribution in [0.25, 0.3) is 22.1 Å². The van der Waals surface area contributed by atoms with Crippen LogP contribution < -0.4 is 20.7 Å². The number of benzene rings is 2. The largest absolute Gasteiger partial charge is 0.457 e. The van der Waals surface area contributed by atoms with Gasteiger partial charge in [-0.1, -0.05) is 24.6 Å². The normalized spacial score (nSPS) is 13.3. The van der Waals surface area contributed by atoms with Gasteiger partial charge in [0.2, 0.25) is 11.9 Å². The number of anilines is 3. The number of nitrogens with zero attached hydrogens (tertiary/aromatic N) is 8. The van der Waals surface area contributed by atoms with Gasteiger partial charge in [-0.2, -0.15) is 0 Å². The molecule has 216 valence electrons. The molecule has 5 aromatic rings. The average molecular weight is 571 g/mol. The molecule has 6 rings (SSSR count). The number of halogens is 1. The molecule has 2 aromatic carbocycles. The van der Waals surface area contributed by atoms with E-state index in [2.05, 4.69) is 47.8 Å². The van der Waals surface area contributed by atoms with E-state index in [9.17, 15) is 4.79 Å². The summed E-state index contributed by atoms with van der Waals surface area (Å²) in [6.07, 6.45) is 8.83. The minimum absolute atomic E-state index is 0.268. The fourth-order valence-corrected chi connectivity index (χ4v) is 4.57. The lowest BCUT2D eigenvalue weighted by atomic mass is 10.1. The fourth-order valence-electron chi connectivity index (χ4n) is 4.57. The van der Waals surface area contributed by atoms with Crippen LogP contribution in [0.15, 0.2) is 55.5 Å². The predicted molar refractivity (Wildman–Crippen MR) is 158 cm³/mol. The Balaban J connectivity index is 0.000000652. The molecule has 13 heteroatoms. The van der Waals surface area contributed by atoms with Crippen molar-refractivity contribution in [2.24, 2.45) is 12.8 Å². The summed E-state index contributed by atoms with van der Waals surface area (Å²) in [7, 11) is 1.82. The summed E-state index contributed by atoms with van der Waals surface area (Å²) in [5.41, 5.74) is 7.89. The topological polar surface area (TPSA) is 150 Å². The van der Waals surface area contributed by atoms with Gasteiger partial charge in [-0.05, 0) is 50.1 Å². The first kappa shape index (κ1) is 28.3. The van der Waals surface area contributed by atoms with Crippen molar-refractivity contribution in [3.8, 4) is 11.5 Å². The van der Waals surface area contributed by atoms with Crippen LogP contribution in [-0.4, -0.2) is 53.9 Å². The van der Waals surface area contributed by atoms with Crippen LogP contribution in [0.2, 0.25) is 0 Å². The number of rotatable bonds is 6. The van der Waals surface area contributed by atoms with Crippen LogP contribution in [0, 0.1) is 12.7 Å². The summed E-state index contributed by atoms with van der Waals surface area (Å²) in [5, 5.41) is 11.2. The van der Waals surface area contributed by atoms with E-state index in [1.54, 1.807) is 36.0 Å². The van der Waals surface area contributed by atoms with Gasteiger partial charge >= 0.3 is 0 Å². The molecule has 3 N–H and O–H groups in total. The Morgan fingerprint density at radius 1 is 1.10 bits per heavy atom. The standard InChI is InChI=1S/C26H26FN9O.C3H5NO/c1-16-22(37-17-7-9-21-19(13-17)33-34-35(21)2)10-8-18(23(16)27)31-25-24-20(29-15-30-25)14-28-26(32-24)36-11-5-3-4-6-12-36;1-2-3(4)5/h7-10,13-15H,3-6,11-12H2,1-2H3,(H,29,30,31);2H,1H2,(H2,4,5). The molecule has 1 aliphatic rings. The Morgan fingerprint density at radius 2 is 1.86 bits per heavy atom. The Labute approximate surface area is 241 Å². The van der Waals surface area contributed by atoms with Crippen molar-refractivity contribution in [2.45, 2.75) is 32.6 Å². The van der Waals surface area contributed by atoms with Crippen LogP contribution >= 0.6 is 0 Å². The number of nitrogens with one attached hydrogen (secondary N) is 1. The number of primary amides is 1. The first-order valence-electron chi connectivity index (χ1n) is 13.5. The molecule has 0 unspecified atom stereocenters. The number of carbonyl (C=O) groups is 1. The molecule has 12 nitrogen and oxygen atoms in total. The lowest BCUT2D eigenvalue weighted by Crippen LogP contribution is -2.26. The van der Waals surface area contributed by atoms with Gasteiger partial charge in [0.15, 0.2) is 11.6 Å². The van der Waals surface area contributed by atoms with Gasteiger partial charge in [0.1, 0.15) is 34.4 Å². The highest BCUT2D eigenvalue weighted by molar-refractivity contribution is 5.87. The van der Waals surface area contributed by atoms with Crippen molar-refractivity contribution in [1.82, 2.24) is 34.9 Å². The van der Waals surface area contributed by atoms with Gasteiger partial charge in [0, 0.05) is 31.8 Å². The van der Waals surface area contributed by atoms with Crippen molar-refractivity contribution in [2.75, 3.05) is 23.3 Å². The second kappa shape index (κ2) is 12.5. The third-order valence-electron chi connectivity index (χ3n) is 6.85. The maximum atomic E-state index is 15.5. The van der Waals surface area contributed by atoms with Crippen LogP contribution in [0.4, 0.5) is 21.8 Å². The van der Waals surface area contributed by atoms with Crippen molar-refractivity contribution in [1.29, 1.82) is 0 Å². The number of nitrogens with two attached hydrogens (primary N) is 1. The maximum Gasteiger partial charge on any atom is 0.240 e. The summed E-state index contributed by atoms with van der Waals surface area (Å²) < 4.78 is 23.1. The van der Waals surface area contributed by atoms with E-state index in [0.29, 0.717) is 45.4 Å². The molecule has 0 atom stereocenters. The van der Waals surface area contributed by atoms with Crippen LogP contribution in [-0.2, 0) is 11.8 Å². The smallest absolute Gasteiger partial charge is 0.240 e. The third kappa shape index (κ3) is 6.24. The number of hydrogen-bond acceptors (Lipinski definition) is 10. The highest BCUT2D eigenvalue weighted by Crippen LogP contribution is 2.33. The molecule has 0 bridgehead atoms. The molecule has 1 amide bonds. The zero-order chi connectivity index (χ0) is 29.6. The molecule has 1 aliphatic heterocycles. The molecule has 0 saturated carbocycles. The molecule has 1 saturated heterocycles. The number of amides is 1. The van der Waals surface area contributed by atoms with E-state index >= 15 is 4.39 Å². The van der Waals surface area contributed by atoms with Crippen molar-refractivity contribution in [3.05, 3.63) is 66.9 Å². The zero-order valence-corrected chi connectivity index (χ0v) is 23.4. The maximum absolute atomic E-state index is 15.5. The summed E-state index contributed by atoms with van der Waals surface area (Å²) in [5.74, 6) is 1.10. The van der Waals surface area contributed by atoms with Gasteiger partial charge in [0.25, 0.3) is 0 Å². The monoisotopic (exact) mass is 570 g/mol. The van der Waals surface area contributed by atoms with Gasteiger partial charge in [-0.3, -0.25) is 4.79 Å². The van der Waals surface area contributed by atoms with Gasteiger partial charge in [0.05, 0.1) is 17.4 Å². The fraction of sp³-hybridized carbons (Fsp3) is 0.276. The minimum atomic E-state index is -0.481. The van der Waals surface area contributed by atoms with E-state index in [1.165, 1.54) is 19.2 Å². The molecule has 4 heterocycles. The molecular weight excluding hydrogens is 539 g/mol. The summed E-state index contributed by atoms with van der Waals surface area (Å²) in [6, 6.07) is 8.81. The predicted octanol–water partition coefficient (Wildman–Crippen LogP) is 4.72. The molecule has 0 aliphatic carbocycles. The number of fused-ring (bicyclic) bond motifs is 2. The van der Waals surface area contributed by atoms with E-state index < -0.39 is 11.7 Å². The number of aromatic nitrogens is 7. The number of aryl methyl sites for hydroxylation is 1. The summed E-state index contributed by atoms with van der Waals surface area (Å²) in [6.45, 7) is 6.60. The van der Waals surface area contributed by atoms with E-state index in [-0.39, 0.29) is 5.69 Å². The molecule has 42 heavy (non-hydrogen) atoms. The SMILES string of the molecule is C=CC(N)=O.Cc1c(Oc2ccc3c(c2)nnn3C)ccc(Nc2ncnc3cnc(N4CCCCCC4)nc23)c1F. The highest BCUT2D eigenvalue weighted by Gasteiger charge is 2.17. The minimum Gasteiger partial charge on any atom is -0.457 e. The number of ether oxygens (including phenoxy) is 1. The lowest BCUT2D eigenvalue weighted by Gasteiger charge is -2.20. The molecule has 0 radical (unpaired) electrons. The first-order chi connectivity index (χ1) is 20.3. The second-order valence-corrected chi connectivity index (χ2v) is 9.77. The van der Waals surface area contributed by atoms with Crippen LogP contribution in [0.1, 0.15) is 31.2 Å². The second-order valence-electron chi connectivity index (χ2n) is 9.77.